The van der Waals surface area contributed by atoms with Gasteiger partial charge >= 0.3 is 0 Å². The predicted octanol–water partition coefficient (Wildman–Crippen LogP) is 1.51. The molecule has 1 aromatic carbocycles. The number of hydrogen-bond donors (Lipinski definition) is 2. The zero-order chi connectivity index (χ0) is 13.2. The molecular weight excluding hydrogens is 270 g/mol. The summed E-state index contributed by atoms with van der Waals surface area (Å²) in [5.41, 5.74) is 7.07. The highest BCUT2D eigenvalue weighted by atomic mass is 32.2. The topological polar surface area (TPSA) is 85.1 Å². The number of anilines is 1. The van der Waals surface area contributed by atoms with Crippen LogP contribution >= 0.6 is 11.3 Å². The Morgan fingerprint density at radius 3 is 2.72 bits per heavy atom. The molecule has 2 aromatic rings. The van der Waals surface area contributed by atoms with Gasteiger partial charge in [0.2, 0.25) is 0 Å². The van der Waals surface area contributed by atoms with Crippen LogP contribution in [0.3, 0.4) is 0 Å². The summed E-state index contributed by atoms with van der Waals surface area (Å²) in [6, 6.07) is 7.15. The van der Waals surface area contributed by atoms with E-state index in [1.807, 2.05) is 6.07 Å². The molecule has 1 heterocycles. The van der Waals surface area contributed by atoms with Crippen LogP contribution in [-0.4, -0.2) is 13.4 Å². The SMILES string of the molecule is Cc1ncc(S(=O)(=O)NCc2ccccc2N)s1. The highest BCUT2D eigenvalue weighted by molar-refractivity contribution is 7.91. The Balaban J connectivity index is 2.13. The third kappa shape index (κ3) is 2.87. The van der Waals surface area contributed by atoms with Gasteiger partial charge in [-0.1, -0.05) is 18.2 Å². The van der Waals surface area contributed by atoms with Crippen LogP contribution in [0.25, 0.3) is 0 Å². The molecule has 0 aliphatic rings. The van der Waals surface area contributed by atoms with Crippen LogP contribution in [0.5, 0.6) is 0 Å². The Kier molecular flexibility index (Phi) is 3.65. The van der Waals surface area contributed by atoms with E-state index < -0.39 is 10.0 Å². The first-order valence-corrected chi connectivity index (χ1v) is 7.54. The van der Waals surface area contributed by atoms with Crippen molar-refractivity contribution < 1.29 is 8.42 Å². The fourth-order valence-corrected chi connectivity index (χ4v) is 3.56. The maximum atomic E-state index is 11.9. The number of aryl methyl sites for hydroxylation is 1. The number of nitrogen functional groups attached to an aromatic ring is 1. The summed E-state index contributed by atoms with van der Waals surface area (Å²) in [4.78, 5) is 3.93. The molecule has 0 fully saturated rings. The summed E-state index contributed by atoms with van der Waals surface area (Å²) in [7, 11) is -3.50. The van der Waals surface area contributed by atoms with Crippen molar-refractivity contribution in [3.05, 3.63) is 41.0 Å². The third-order valence-corrected chi connectivity index (χ3v) is 5.15. The lowest BCUT2D eigenvalue weighted by atomic mass is 10.2. The maximum Gasteiger partial charge on any atom is 0.251 e. The highest BCUT2D eigenvalue weighted by Gasteiger charge is 2.16. The average Bonchev–Trinajstić information content (AvgIpc) is 2.76. The first-order valence-electron chi connectivity index (χ1n) is 5.24. The number of benzene rings is 1. The molecule has 2 rings (SSSR count). The number of nitrogens with two attached hydrogens (primary N) is 1. The smallest absolute Gasteiger partial charge is 0.251 e. The van der Waals surface area contributed by atoms with E-state index in [1.165, 1.54) is 6.20 Å². The molecule has 0 aliphatic carbocycles. The lowest BCUT2D eigenvalue weighted by Crippen LogP contribution is -2.22. The lowest BCUT2D eigenvalue weighted by molar-refractivity contribution is 0.583. The van der Waals surface area contributed by atoms with Crippen LogP contribution in [0, 0.1) is 6.92 Å². The second kappa shape index (κ2) is 5.05. The summed E-state index contributed by atoms with van der Waals surface area (Å²) in [5.74, 6) is 0. The Bertz CT molecular complexity index is 650. The molecule has 96 valence electrons. The molecule has 0 saturated carbocycles. The summed E-state index contributed by atoms with van der Waals surface area (Å²) in [6.07, 6.45) is 1.36. The molecule has 18 heavy (non-hydrogen) atoms. The first-order chi connectivity index (χ1) is 8.49. The number of nitrogens with zero attached hydrogens (tertiary/aromatic N) is 1. The zero-order valence-electron chi connectivity index (χ0n) is 9.75. The van der Waals surface area contributed by atoms with E-state index >= 15 is 0 Å². The van der Waals surface area contributed by atoms with Gasteiger partial charge in [-0.15, -0.1) is 11.3 Å². The van der Waals surface area contributed by atoms with Crippen molar-refractivity contribution in [3.8, 4) is 0 Å². The number of aromatic nitrogens is 1. The van der Waals surface area contributed by atoms with E-state index in [0.717, 1.165) is 21.9 Å². The Morgan fingerprint density at radius 2 is 2.11 bits per heavy atom. The van der Waals surface area contributed by atoms with E-state index in [1.54, 1.807) is 25.1 Å². The van der Waals surface area contributed by atoms with Gasteiger partial charge in [-0.3, -0.25) is 0 Å². The fraction of sp³-hybridized carbons (Fsp3) is 0.182. The minimum absolute atomic E-state index is 0.173. The standard InChI is InChI=1S/C11H13N3O2S2/c1-8-13-7-11(17-8)18(15,16)14-6-9-4-2-3-5-10(9)12/h2-5,7,14H,6,12H2,1H3. The Morgan fingerprint density at radius 1 is 1.39 bits per heavy atom. The summed E-state index contributed by atoms with van der Waals surface area (Å²) < 4.78 is 26.6. The molecule has 0 amide bonds. The Labute approximate surface area is 110 Å². The van der Waals surface area contributed by atoms with Crippen LogP contribution in [0.2, 0.25) is 0 Å². The molecule has 7 heteroatoms. The third-order valence-electron chi connectivity index (χ3n) is 2.37. The average molecular weight is 283 g/mol. The molecule has 0 aliphatic heterocycles. The molecule has 3 N–H and O–H groups in total. The van der Waals surface area contributed by atoms with Crippen molar-refractivity contribution in [1.29, 1.82) is 0 Å². The van der Waals surface area contributed by atoms with Crippen molar-refractivity contribution in [3.63, 3.8) is 0 Å². The van der Waals surface area contributed by atoms with Crippen molar-refractivity contribution >= 4 is 27.0 Å². The van der Waals surface area contributed by atoms with Gasteiger partial charge in [0.1, 0.15) is 0 Å². The summed E-state index contributed by atoms with van der Waals surface area (Å²) in [5, 5.41) is 0.717. The van der Waals surface area contributed by atoms with Crippen LogP contribution < -0.4 is 10.5 Å². The normalized spacial score (nSPS) is 11.6. The molecule has 0 radical (unpaired) electrons. The van der Waals surface area contributed by atoms with Gasteiger partial charge in [-0.2, -0.15) is 0 Å². The second-order valence-electron chi connectivity index (χ2n) is 3.72. The van der Waals surface area contributed by atoms with Gasteiger partial charge in [0.05, 0.1) is 11.2 Å². The quantitative estimate of drug-likeness (QED) is 0.833. The molecular formula is C11H13N3O2S2. The number of thiazole rings is 1. The molecule has 0 saturated heterocycles. The second-order valence-corrected chi connectivity index (χ2v) is 6.95. The van der Waals surface area contributed by atoms with E-state index in [0.29, 0.717) is 5.69 Å². The van der Waals surface area contributed by atoms with Crippen LogP contribution in [-0.2, 0) is 16.6 Å². The van der Waals surface area contributed by atoms with Crippen molar-refractivity contribution in [2.45, 2.75) is 17.7 Å². The van der Waals surface area contributed by atoms with Gasteiger partial charge in [0.25, 0.3) is 10.0 Å². The predicted molar refractivity (Wildman–Crippen MR) is 71.7 cm³/mol. The van der Waals surface area contributed by atoms with E-state index in [9.17, 15) is 8.42 Å². The minimum Gasteiger partial charge on any atom is -0.398 e. The number of sulfonamides is 1. The van der Waals surface area contributed by atoms with E-state index in [4.69, 9.17) is 5.73 Å². The monoisotopic (exact) mass is 283 g/mol. The summed E-state index contributed by atoms with van der Waals surface area (Å²) >= 11 is 1.14. The maximum absolute atomic E-state index is 11.9. The van der Waals surface area contributed by atoms with E-state index in [-0.39, 0.29) is 10.8 Å². The van der Waals surface area contributed by atoms with Gasteiger partial charge in [0.15, 0.2) is 4.21 Å². The number of rotatable bonds is 4. The van der Waals surface area contributed by atoms with Crippen molar-refractivity contribution in [2.24, 2.45) is 0 Å². The minimum atomic E-state index is -3.50. The van der Waals surface area contributed by atoms with Gasteiger partial charge in [-0.05, 0) is 18.6 Å². The fourth-order valence-electron chi connectivity index (χ4n) is 1.41. The molecule has 0 unspecified atom stereocenters. The van der Waals surface area contributed by atoms with Crippen molar-refractivity contribution in [1.82, 2.24) is 9.71 Å². The molecule has 1 aromatic heterocycles. The molecule has 5 nitrogen and oxygen atoms in total. The van der Waals surface area contributed by atoms with Crippen LogP contribution in [0.1, 0.15) is 10.6 Å². The van der Waals surface area contributed by atoms with Crippen LogP contribution in [0.15, 0.2) is 34.7 Å². The number of para-hydroxylation sites is 1. The van der Waals surface area contributed by atoms with Crippen LogP contribution in [0.4, 0.5) is 5.69 Å². The Hall–Kier alpha value is -1.44. The molecule has 0 spiro atoms. The largest absolute Gasteiger partial charge is 0.398 e. The lowest BCUT2D eigenvalue weighted by Gasteiger charge is -2.06. The van der Waals surface area contributed by atoms with Gasteiger partial charge in [0, 0.05) is 12.2 Å². The summed E-state index contributed by atoms with van der Waals surface area (Å²) in [6.45, 7) is 1.94. The van der Waals surface area contributed by atoms with E-state index in [2.05, 4.69) is 9.71 Å². The first kappa shape index (κ1) is 13.0. The zero-order valence-corrected chi connectivity index (χ0v) is 11.4. The molecule has 0 bridgehead atoms. The van der Waals surface area contributed by atoms with Gasteiger partial charge < -0.3 is 5.73 Å². The number of hydrogen-bond acceptors (Lipinski definition) is 5. The highest BCUT2D eigenvalue weighted by Crippen LogP contribution is 2.18. The van der Waals surface area contributed by atoms with Crippen molar-refractivity contribution in [2.75, 3.05) is 5.73 Å². The number of nitrogens with one attached hydrogen (secondary N) is 1. The molecule has 0 atom stereocenters. The van der Waals surface area contributed by atoms with Gasteiger partial charge in [-0.25, -0.2) is 18.1 Å².